The van der Waals surface area contributed by atoms with Crippen molar-refractivity contribution in [1.29, 1.82) is 5.41 Å². The third-order valence-corrected chi connectivity index (χ3v) is 10.4. The Hall–Kier alpha value is -1.14. The number of amidine groups is 1. The molecule has 6 nitrogen and oxygen atoms in total. The summed E-state index contributed by atoms with van der Waals surface area (Å²) in [4.78, 5) is 14.4. The molecular weight excluding hydrogens is 619 g/mol. The van der Waals surface area contributed by atoms with Gasteiger partial charge >= 0.3 is 5.97 Å². The van der Waals surface area contributed by atoms with Crippen molar-refractivity contribution in [2.24, 2.45) is 0 Å². The number of aliphatic hydroxyl groups is 1. The van der Waals surface area contributed by atoms with E-state index in [0.717, 1.165) is 64.0 Å². The van der Waals surface area contributed by atoms with Gasteiger partial charge in [-0.2, -0.15) is 0 Å². The first-order valence-corrected chi connectivity index (χ1v) is 22.4. The predicted molar refractivity (Wildman–Crippen MR) is 219 cm³/mol. The highest BCUT2D eigenvalue weighted by Gasteiger charge is 2.11. The van der Waals surface area contributed by atoms with Gasteiger partial charge in [0.15, 0.2) is 0 Å². The van der Waals surface area contributed by atoms with Gasteiger partial charge in [-0.3, -0.25) is 10.2 Å². The normalized spacial score (nSPS) is 11.6. The highest BCUT2D eigenvalue weighted by molar-refractivity contribution is 5.79. The van der Waals surface area contributed by atoms with E-state index in [1.165, 1.54) is 167 Å². The van der Waals surface area contributed by atoms with Crippen LogP contribution in [-0.4, -0.2) is 60.7 Å². The minimum atomic E-state index is -0.0220. The first kappa shape index (κ1) is 48.9. The first-order valence-electron chi connectivity index (χ1n) is 22.4. The summed E-state index contributed by atoms with van der Waals surface area (Å²) in [5.41, 5.74) is 0. The highest BCUT2D eigenvalue weighted by Crippen LogP contribution is 2.16. The van der Waals surface area contributed by atoms with E-state index < -0.39 is 0 Å². The lowest BCUT2D eigenvalue weighted by Crippen LogP contribution is -2.34. The van der Waals surface area contributed by atoms with Crippen LogP contribution >= 0.6 is 0 Å². The maximum Gasteiger partial charge on any atom is 0.305 e. The van der Waals surface area contributed by atoms with E-state index in [1.54, 1.807) is 0 Å². The fourth-order valence-corrected chi connectivity index (χ4v) is 7.05. The van der Waals surface area contributed by atoms with Crippen LogP contribution in [0.3, 0.4) is 0 Å². The van der Waals surface area contributed by atoms with Gasteiger partial charge in [0, 0.05) is 25.4 Å². The molecule has 6 heteroatoms. The third-order valence-electron chi connectivity index (χ3n) is 10.4. The lowest BCUT2D eigenvalue weighted by Gasteiger charge is -2.21. The molecule has 0 heterocycles. The molecule has 0 radical (unpaired) electrons. The van der Waals surface area contributed by atoms with Gasteiger partial charge in [-0.1, -0.05) is 175 Å². The third kappa shape index (κ3) is 36.6. The number of esters is 1. The van der Waals surface area contributed by atoms with Crippen LogP contribution in [0.1, 0.15) is 233 Å². The number of carbonyl (C=O) groups excluding carboxylic acids is 1. The Kier molecular flexibility index (Phi) is 39.7. The first-order chi connectivity index (χ1) is 24.6. The van der Waals surface area contributed by atoms with Crippen LogP contribution in [0.25, 0.3) is 0 Å². The van der Waals surface area contributed by atoms with E-state index in [2.05, 4.69) is 31.0 Å². The van der Waals surface area contributed by atoms with E-state index in [4.69, 9.17) is 10.1 Å². The fourth-order valence-electron chi connectivity index (χ4n) is 7.05. The lowest BCUT2D eigenvalue weighted by atomic mass is 9.99. The van der Waals surface area contributed by atoms with Crippen LogP contribution < -0.4 is 5.32 Å². The van der Waals surface area contributed by atoms with Gasteiger partial charge in [0.2, 0.25) is 0 Å². The number of ether oxygens (including phenoxy) is 1. The molecular formula is C44H89N3O3. The smallest absolute Gasteiger partial charge is 0.305 e. The second-order valence-electron chi connectivity index (χ2n) is 15.4. The number of carbonyl (C=O) groups is 1. The molecule has 298 valence electrons. The zero-order valence-electron chi connectivity index (χ0n) is 34.2. The van der Waals surface area contributed by atoms with Crippen molar-refractivity contribution in [3.8, 4) is 0 Å². The Morgan fingerprint density at radius 3 is 1.42 bits per heavy atom. The van der Waals surface area contributed by atoms with Gasteiger partial charge in [0.25, 0.3) is 0 Å². The van der Waals surface area contributed by atoms with Gasteiger partial charge < -0.3 is 20.1 Å². The number of nitrogens with one attached hydrogen (secondary N) is 2. The SMILES string of the molecule is CCCCCCCCCOC(=O)CCCCCCCN(CCO)CCCCCCCC(=N)NC(CCCCCCCC)CCCCCCCC. The summed E-state index contributed by atoms with van der Waals surface area (Å²) in [6.07, 6.45) is 40.3. The zero-order chi connectivity index (χ0) is 36.6. The van der Waals surface area contributed by atoms with Crippen molar-refractivity contribution >= 4 is 11.8 Å². The molecule has 0 bridgehead atoms. The van der Waals surface area contributed by atoms with Gasteiger partial charge in [-0.05, 0) is 58.0 Å². The lowest BCUT2D eigenvalue weighted by molar-refractivity contribution is -0.143. The minimum absolute atomic E-state index is 0.0220. The summed E-state index contributed by atoms with van der Waals surface area (Å²) < 4.78 is 5.41. The monoisotopic (exact) mass is 708 g/mol. The van der Waals surface area contributed by atoms with Crippen LogP contribution in [0.4, 0.5) is 0 Å². The fraction of sp³-hybridized carbons (Fsp3) is 0.955. The molecule has 0 fully saturated rings. The second kappa shape index (κ2) is 40.6. The van der Waals surface area contributed by atoms with Crippen molar-refractivity contribution in [3.05, 3.63) is 0 Å². The molecule has 0 saturated heterocycles. The molecule has 3 N–H and O–H groups in total. The van der Waals surface area contributed by atoms with Gasteiger partial charge in [0.05, 0.1) is 19.0 Å². The average molecular weight is 708 g/mol. The van der Waals surface area contributed by atoms with Crippen molar-refractivity contribution in [1.82, 2.24) is 10.2 Å². The summed E-state index contributed by atoms with van der Waals surface area (Å²) >= 11 is 0. The summed E-state index contributed by atoms with van der Waals surface area (Å²) in [6.45, 7) is 10.5. The number of hydrogen-bond donors (Lipinski definition) is 3. The summed E-state index contributed by atoms with van der Waals surface area (Å²) in [6, 6.07) is 0.491. The molecule has 0 rings (SSSR count). The zero-order valence-corrected chi connectivity index (χ0v) is 34.2. The number of unbranched alkanes of at least 4 members (excludes halogenated alkanes) is 24. The van der Waals surface area contributed by atoms with Crippen LogP contribution in [0.15, 0.2) is 0 Å². The number of nitrogens with zero attached hydrogens (tertiary/aromatic N) is 1. The molecule has 0 atom stereocenters. The molecule has 0 amide bonds. The maximum absolute atomic E-state index is 12.0. The van der Waals surface area contributed by atoms with E-state index >= 15 is 0 Å². The van der Waals surface area contributed by atoms with Crippen molar-refractivity contribution in [2.45, 2.75) is 239 Å². The second-order valence-corrected chi connectivity index (χ2v) is 15.4. The Labute approximate surface area is 312 Å². The summed E-state index contributed by atoms with van der Waals surface area (Å²) in [5.74, 6) is 0.742. The highest BCUT2D eigenvalue weighted by atomic mass is 16.5. The molecule has 0 aliphatic carbocycles. The van der Waals surface area contributed by atoms with E-state index in [1.807, 2.05) is 0 Å². The van der Waals surface area contributed by atoms with Gasteiger partial charge in [0.1, 0.15) is 0 Å². The Balaban J connectivity index is 3.94. The van der Waals surface area contributed by atoms with E-state index in [9.17, 15) is 9.90 Å². The van der Waals surface area contributed by atoms with E-state index in [-0.39, 0.29) is 12.6 Å². The van der Waals surface area contributed by atoms with Crippen molar-refractivity contribution < 1.29 is 14.6 Å². The minimum Gasteiger partial charge on any atom is -0.466 e. The van der Waals surface area contributed by atoms with Crippen LogP contribution in [-0.2, 0) is 9.53 Å². The van der Waals surface area contributed by atoms with E-state index in [0.29, 0.717) is 19.1 Å². The molecule has 0 aromatic rings. The van der Waals surface area contributed by atoms with Crippen molar-refractivity contribution in [2.75, 3.05) is 32.8 Å². The molecule has 0 spiro atoms. The summed E-state index contributed by atoms with van der Waals surface area (Å²) in [5, 5.41) is 21.8. The maximum atomic E-state index is 12.0. The number of rotatable bonds is 41. The number of aliphatic hydroxyl groups excluding tert-OH is 1. The molecule has 50 heavy (non-hydrogen) atoms. The molecule has 0 saturated carbocycles. The molecule has 0 aromatic carbocycles. The van der Waals surface area contributed by atoms with Crippen molar-refractivity contribution in [3.63, 3.8) is 0 Å². The molecule has 0 unspecified atom stereocenters. The Morgan fingerprint density at radius 1 is 0.540 bits per heavy atom. The van der Waals surface area contributed by atoms with Gasteiger partial charge in [-0.25, -0.2) is 0 Å². The summed E-state index contributed by atoms with van der Waals surface area (Å²) in [7, 11) is 0. The standard InChI is InChI=1S/C44H89N3O3/c1-4-7-10-13-16-25-32-41-50-44(49)36-29-22-18-24-31-38-47(39-40-48)37-30-23-17-21-28-35-43(45)46-42(33-26-19-14-11-8-5-2)34-27-20-15-12-9-6-3/h42,48H,4-41H2,1-3H3,(H2,45,46). The Bertz CT molecular complexity index is 688. The topological polar surface area (TPSA) is 85.7 Å². The van der Waals surface area contributed by atoms with Gasteiger partial charge in [-0.15, -0.1) is 0 Å². The molecule has 0 aliphatic rings. The van der Waals surface area contributed by atoms with Crippen LogP contribution in [0, 0.1) is 5.41 Å². The van der Waals surface area contributed by atoms with Crippen LogP contribution in [0.2, 0.25) is 0 Å². The van der Waals surface area contributed by atoms with Crippen LogP contribution in [0.5, 0.6) is 0 Å². The molecule has 0 aromatic heterocycles. The largest absolute Gasteiger partial charge is 0.466 e. The quantitative estimate of drug-likeness (QED) is 0.0255. The predicted octanol–water partition coefficient (Wildman–Crippen LogP) is 12.7. The molecule has 0 aliphatic heterocycles. The Morgan fingerprint density at radius 2 is 0.940 bits per heavy atom. The average Bonchev–Trinajstić information content (AvgIpc) is 3.11. The number of hydrogen-bond acceptors (Lipinski definition) is 5.